The Balaban J connectivity index is 1.59. The summed E-state index contributed by atoms with van der Waals surface area (Å²) in [6.45, 7) is 0. The van der Waals surface area contributed by atoms with Crippen LogP contribution in [0.1, 0.15) is 33.9 Å². The number of rotatable bonds is 12. The Hall–Kier alpha value is -2.93. The zero-order valence-corrected chi connectivity index (χ0v) is 19.6. The second-order valence-corrected chi connectivity index (χ2v) is 9.49. The van der Waals surface area contributed by atoms with Crippen LogP contribution >= 0.6 is 11.3 Å². The van der Waals surface area contributed by atoms with Gasteiger partial charge in [0.2, 0.25) is 5.91 Å². The Morgan fingerprint density at radius 2 is 1.94 bits per heavy atom. The van der Waals surface area contributed by atoms with Crippen LogP contribution in [-0.4, -0.2) is 59.6 Å². The van der Waals surface area contributed by atoms with Crippen molar-refractivity contribution in [2.75, 3.05) is 0 Å². The predicted octanol–water partition coefficient (Wildman–Crippen LogP) is 0.833. The van der Waals surface area contributed by atoms with E-state index in [1.165, 1.54) is 29.9 Å². The van der Waals surface area contributed by atoms with Crippen molar-refractivity contribution in [3.63, 3.8) is 0 Å². The van der Waals surface area contributed by atoms with Crippen LogP contribution in [-0.2, 0) is 17.6 Å². The van der Waals surface area contributed by atoms with Gasteiger partial charge in [-0.3, -0.25) is 14.6 Å². The van der Waals surface area contributed by atoms with E-state index in [0.717, 1.165) is 17.0 Å². The van der Waals surface area contributed by atoms with Crippen molar-refractivity contribution < 1.29 is 19.6 Å². The number of benzene rings is 1. The molecule has 0 aliphatic carbocycles. The second-order valence-electron chi connectivity index (χ2n) is 7.28. The molecule has 2 heterocycles. The molecule has 0 unspecified atom stereocenters. The first-order valence-corrected chi connectivity index (χ1v) is 12.4. The van der Waals surface area contributed by atoms with Crippen molar-refractivity contribution >= 4 is 40.0 Å². The maximum Gasteiger partial charge on any atom is 0.475 e. The molecule has 3 rings (SSSR count). The molecule has 0 saturated heterocycles. The van der Waals surface area contributed by atoms with Crippen LogP contribution in [0.25, 0.3) is 0 Å². The molecule has 0 aliphatic rings. The summed E-state index contributed by atoms with van der Waals surface area (Å²) in [4.78, 5) is 40.2. The summed E-state index contributed by atoms with van der Waals surface area (Å²) < 4.78 is 0. The fourth-order valence-corrected chi connectivity index (χ4v) is 4.88. The fraction of sp³-hybridized carbons (Fsp3) is 0.286. The van der Waals surface area contributed by atoms with Crippen LogP contribution < -0.4 is 10.3 Å². The molecule has 3 aromatic rings. The Morgan fingerprint density at radius 3 is 2.61 bits per heavy atom. The third kappa shape index (κ3) is 8.17. The molecule has 170 valence electrons. The van der Waals surface area contributed by atoms with E-state index in [2.05, 4.69) is 25.3 Å². The minimum atomic E-state index is -1.69. The van der Waals surface area contributed by atoms with Crippen LogP contribution in [0.15, 0.2) is 60.5 Å². The summed E-state index contributed by atoms with van der Waals surface area (Å²) in [5, 5.41) is 24.9. The molecule has 0 spiro atoms. The zero-order valence-electron chi connectivity index (χ0n) is 17.8. The summed E-state index contributed by atoms with van der Waals surface area (Å²) in [6.07, 6.45) is 8.04. The Morgan fingerprint density at radius 1 is 1.12 bits per heavy atom. The van der Waals surface area contributed by atoms with E-state index in [1.807, 2.05) is 35.7 Å². The number of aryl methyl sites for hydroxylation is 1. The minimum absolute atomic E-state index is 0.156. The lowest BCUT2D eigenvalue weighted by atomic mass is 9.76. The van der Waals surface area contributed by atoms with Crippen LogP contribution in [0.3, 0.4) is 0 Å². The third-order valence-corrected chi connectivity index (χ3v) is 6.83. The molecule has 0 fully saturated rings. The van der Waals surface area contributed by atoms with Gasteiger partial charge in [-0.1, -0.05) is 30.3 Å². The summed E-state index contributed by atoms with van der Waals surface area (Å²) in [7, 11) is -1.95. The number of carbonyl (C=O) groups is 2. The first-order valence-electron chi connectivity index (χ1n) is 10.4. The third-order valence-electron chi connectivity index (χ3n) is 4.85. The average molecular weight is 481 g/mol. The number of aromatic nitrogens is 3. The smallest absolute Gasteiger partial charge is 0.426 e. The van der Waals surface area contributed by atoms with Gasteiger partial charge in [-0.15, -0.1) is 11.3 Å². The lowest BCUT2D eigenvalue weighted by Crippen LogP contribution is -2.49. The zero-order chi connectivity index (χ0) is 23.5. The quantitative estimate of drug-likeness (QED) is 0.281. The summed E-state index contributed by atoms with van der Waals surface area (Å²) in [5.41, 5.74) is 0.681. The first-order chi connectivity index (χ1) is 16.0. The van der Waals surface area contributed by atoms with Gasteiger partial charge in [0.15, 0.2) is 9.68 Å². The summed E-state index contributed by atoms with van der Waals surface area (Å²) in [6, 6.07) is 9.86. The number of nitrogens with one attached hydrogen (secondary N) is 2. The molecule has 33 heavy (non-hydrogen) atoms. The number of hydrogen-bond acceptors (Lipinski definition) is 8. The van der Waals surface area contributed by atoms with Crippen molar-refractivity contribution in [2.24, 2.45) is 0 Å². The van der Waals surface area contributed by atoms with E-state index in [1.54, 1.807) is 6.20 Å². The molecule has 4 N–H and O–H groups in total. The second kappa shape index (κ2) is 12.9. The molecule has 2 amide bonds. The Bertz CT molecular complexity index is 998. The van der Waals surface area contributed by atoms with Gasteiger partial charge in [0.25, 0.3) is 5.91 Å². The Kier molecular flexibility index (Phi) is 9.69. The largest absolute Gasteiger partial charge is 0.475 e. The summed E-state index contributed by atoms with van der Waals surface area (Å²) >= 11 is 1.42. The first kappa shape index (κ1) is 24.7. The fourth-order valence-electron chi connectivity index (χ4n) is 3.12. The van der Waals surface area contributed by atoms with Crippen molar-refractivity contribution in [2.45, 2.75) is 37.2 Å². The van der Waals surface area contributed by atoms with Gasteiger partial charge < -0.3 is 20.3 Å². The number of amides is 2. The van der Waals surface area contributed by atoms with E-state index >= 15 is 0 Å². The van der Waals surface area contributed by atoms with E-state index in [-0.39, 0.29) is 21.3 Å². The molecule has 0 bridgehead atoms. The van der Waals surface area contributed by atoms with Crippen molar-refractivity contribution in [1.29, 1.82) is 0 Å². The molecule has 0 aliphatic heterocycles. The van der Waals surface area contributed by atoms with Gasteiger partial charge >= 0.3 is 7.12 Å². The molecule has 1 aromatic carbocycles. The molecule has 2 atom stereocenters. The van der Waals surface area contributed by atoms with Crippen molar-refractivity contribution in [3.05, 3.63) is 76.8 Å². The number of carbonyl (C=O) groups excluding carboxylic acids is 2. The highest BCUT2D eigenvalue weighted by Crippen LogP contribution is 2.16. The van der Waals surface area contributed by atoms with Crippen LogP contribution in [0.4, 0.5) is 0 Å². The molecule has 0 saturated carbocycles. The molecule has 2 radical (unpaired) electrons. The van der Waals surface area contributed by atoms with E-state index < -0.39 is 24.5 Å². The Labute approximate surface area is 198 Å². The monoisotopic (exact) mass is 481 g/mol. The SMILES string of the molecule is O=C(N[Si][C@@H](Cc1nccs1)C(=O)N[C@@H](CCCc1ccccc1)B(O)O)c1cnccn1. The van der Waals surface area contributed by atoms with Gasteiger partial charge in [-0.25, -0.2) is 9.97 Å². The maximum atomic E-state index is 13.0. The van der Waals surface area contributed by atoms with Crippen LogP contribution in [0, 0.1) is 0 Å². The van der Waals surface area contributed by atoms with Crippen molar-refractivity contribution in [1.82, 2.24) is 25.3 Å². The number of hydrogen-bond donors (Lipinski definition) is 4. The maximum absolute atomic E-state index is 13.0. The topological polar surface area (TPSA) is 137 Å². The van der Waals surface area contributed by atoms with Crippen LogP contribution in [0.2, 0.25) is 5.54 Å². The average Bonchev–Trinajstić information content (AvgIpc) is 3.35. The molecule has 9 nitrogen and oxygen atoms in total. The van der Waals surface area contributed by atoms with Gasteiger partial charge in [0.05, 0.1) is 22.7 Å². The standard InChI is InChI=1S/C21H24BN5O4SSi/c28-20(16-14-23-9-10-24-16)27-33-17(13-19-25-11-12-32-19)21(29)26-18(22(30)31)8-4-7-15-5-2-1-3-6-15/h1-3,5-6,9-12,14,17-18,30-31H,4,7-8,13H2,(H,26,29)(H,27,28)/t17-,18-/m0/s1. The van der Waals surface area contributed by atoms with Crippen molar-refractivity contribution in [3.8, 4) is 0 Å². The number of nitrogens with zero attached hydrogens (tertiary/aromatic N) is 3. The number of thiazole rings is 1. The highest BCUT2D eigenvalue weighted by atomic mass is 32.1. The molecule has 2 aromatic heterocycles. The van der Waals surface area contributed by atoms with E-state index in [9.17, 15) is 19.6 Å². The molecule has 12 heteroatoms. The van der Waals surface area contributed by atoms with Gasteiger partial charge in [0.1, 0.15) is 5.69 Å². The van der Waals surface area contributed by atoms with Crippen LogP contribution in [0.5, 0.6) is 0 Å². The summed E-state index contributed by atoms with van der Waals surface area (Å²) in [5.74, 6) is -1.62. The lowest BCUT2D eigenvalue weighted by molar-refractivity contribution is -0.121. The molecular formula is C21H24BN5O4SSi. The van der Waals surface area contributed by atoms with Gasteiger partial charge in [-0.05, 0) is 24.8 Å². The van der Waals surface area contributed by atoms with Gasteiger partial charge in [0, 0.05) is 30.4 Å². The lowest BCUT2D eigenvalue weighted by Gasteiger charge is -2.21. The minimum Gasteiger partial charge on any atom is -0.426 e. The van der Waals surface area contributed by atoms with Gasteiger partial charge in [-0.2, -0.15) is 0 Å². The normalized spacial score (nSPS) is 12.5. The highest BCUT2D eigenvalue weighted by Gasteiger charge is 2.30. The highest BCUT2D eigenvalue weighted by molar-refractivity contribution is 7.09. The van der Waals surface area contributed by atoms with E-state index in [0.29, 0.717) is 19.3 Å². The molecular weight excluding hydrogens is 457 g/mol. The van der Waals surface area contributed by atoms with E-state index in [4.69, 9.17) is 0 Å². The predicted molar refractivity (Wildman–Crippen MR) is 126 cm³/mol.